The molecule has 18 heavy (non-hydrogen) atoms. The minimum Gasteiger partial charge on any atom is -0.481 e. The maximum absolute atomic E-state index is 11.8. The molecule has 1 atom stereocenters. The van der Waals surface area contributed by atoms with Gasteiger partial charge in [0.25, 0.3) is 0 Å². The van der Waals surface area contributed by atoms with Crippen molar-refractivity contribution < 1.29 is 17.9 Å². The Morgan fingerprint density at radius 1 is 1.56 bits per heavy atom. The zero-order chi connectivity index (χ0) is 13.3. The van der Waals surface area contributed by atoms with Crippen molar-refractivity contribution in [3.8, 4) is 5.88 Å². The molecule has 2 rings (SSSR count). The molecular weight excluding hydrogens is 280 g/mol. The minimum absolute atomic E-state index is 0.0534. The Balaban J connectivity index is 2.27. The highest BCUT2D eigenvalue weighted by atomic mass is 35.7. The number of rotatable bonds is 3. The molecule has 8 heteroatoms. The van der Waals surface area contributed by atoms with Crippen LogP contribution in [0.3, 0.4) is 0 Å². The molecule has 2 heterocycles. The van der Waals surface area contributed by atoms with Gasteiger partial charge in [-0.3, -0.25) is 4.79 Å². The molecule has 0 spiro atoms. The summed E-state index contributed by atoms with van der Waals surface area (Å²) in [6.45, 7) is 0.0534. The lowest BCUT2D eigenvalue weighted by Gasteiger charge is -2.16. The highest BCUT2D eigenvalue weighted by Crippen LogP contribution is 2.27. The summed E-state index contributed by atoms with van der Waals surface area (Å²) in [4.78, 5) is 17.1. The third-order valence-corrected chi connectivity index (χ3v) is 4.59. The maximum Gasteiger partial charge on any atom is 0.237 e. The van der Waals surface area contributed by atoms with Crippen LogP contribution in [0.1, 0.15) is 6.42 Å². The zero-order valence-electron chi connectivity index (χ0n) is 9.54. The normalized spacial score (nSPS) is 20.2. The first kappa shape index (κ1) is 13.1. The lowest BCUT2D eigenvalue weighted by molar-refractivity contribution is -0.117. The molecule has 6 nitrogen and oxygen atoms in total. The quantitative estimate of drug-likeness (QED) is 0.768. The number of hydrogen-bond donors (Lipinski definition) is 0. The summed E-state index contributed by atoms with van der Waals surface area (Å²) >= 11 is 0. The SMILES string of the molecule is COc1cc(N2CC(S(=O)(=O)Cl)CC2=O)ccn1. The van der Waals surface area contributed by atoms with Crippen molar-refractivity contribution in [3.05, 3.63) is 18.3 Å². The number of pyridine rings is 1. The van der Waals surface area contributed by atoms with Crippen molar-refractivity contribution in [3.63, 3.8) is 0 Å². The molecule has 1 aliphatic rings. The Bertz CT molecular complexity index is 575. The number of methoxy groups -OCH3 is 1. The molecular formula is C10H11ClN2O4S. The van der Waals surface area contributed by atoms with E-state index in [1.54, 1.807) is 12.1 Å². The largest absolute Gasteiger partial charge is 0.481 e. The molecule has 0 radical (unpaired) electrons. The summed E-state index contributed by atoms with van der Waals surface area (Å²) < 4.78 is 27.4. The van der Waals surface area contributed by atoms with E-state index < -0.39 is 14.3 Å². The lowest BCUT2D eigenvalue weighted by atomic mass is 10.3. The molecule has 1 fully saturated rings. The van der Waals surface area contributed by atoms with Crippen LogP contribution in [0.15, 0.2) is 18.3 Å². The van der Waals surface area contributed by atoms with E-state index in [0.29, 0.717) is 11.6 Å². The summed E-state index contributed by atoms with van der Waals surface area (Å²) in [6, 6.07) is 3.19. The fourth-order valence-corrected chi connectivity index (χ4v) is 2.82. The second-order valence-electron chi connectivity index (χ2n) is 3.86. The van der Waals surface area contributed by atoms with Gasteiger partial charge in [-0.05, 0) is 6.07 Å². The smallest absolute Gasteiger partial charge is 0.237 e. The van der Waals surface area contributed by atoms with Crippen LogP contribution in [-0.2, 0) is 13.8 Å². The van der Waals surface area contributed by atoms with Crippen LogP contribution in [0.4, 0.5) is 5.69 Å². The van der Waals surface area contributed by atoms with Gasteiger partial charge in [-0.25, -0.2) is 13.4 Å². The van der Waals surface area contributed by atoms with Crippen LogP contribution in [0.5, 0.6) is 5.88 Å². The average Bonchev–Trinajstić information content (AvgIpc) is 2.71. The van der Waals surface area contributed by atoms with Gasteiger partial charge in [-0.2, -0.15) is 0 Å². The maximum atomic E-state index is 11.8. The van der Waals surface area contributed by atoms with Crippen molar-refractivity contribution in [1.82, 2.24) is 4.98 Å². The van der Waals surface area contributed by atoms with E-state index in [-0.39, 0.29) is 18.9 Å². The van der Waals surface area contributed by atoms with E-state index in [1.807, 2.05) is 0 Å². The number of anilines is 1. The Labute approximate surface area is 109 Å². The predicted molar refractivity (Wildman–Crippen MR) is 66.3 cm³/mol. The number of hydrogen-bond acceptors (Lipinski definition) is 5. The Hall–Kier alpha value is -1.34. The first-order valence-electron chi connectivity index (χ1n) is 5.15. The lowest BCUT2D eigenvalue weighted by Crippen LogP contribution is -2.26. The summed E-state index contributed by atoms with van der Waals surface area (Å²) in [7, 11) is 3.01. The fraction of sp³-hybridized carbons (Fsp3) is 0.400. The van der Waals surface area contributed by atoms with Crippen molar-refractivity contribution >= 4 is 31.3 Å². The summed E-state index contributed by atoms with van der Waals surface area (Å²) in [5.41, 5.74) is 0.551. The molecule has 1 aromatic heterocycles. The molecule has 0 N–H and O–H groups in total. The second-order valence-corrected chi connectivity index (χ2v) is 6.77. The van der Waals surface area contributed by atoms with Crippen LogP contribution < -0.4 is 9.64 Å². The van der Waals surface area contributed by atoms with Crippen LogP contribution >= 0.6 is 10.7 Å². The van der Waals surface area contributed by atoms with Gasteiger partial charge >= 0.3 is 0 Å². The minimum atomic E-state index is -3.73. The second kappa shape index (κ2) is 4.74. The van der Waals surface area contributed by atoms with Gasteiger partial charge in [0, 0.05) is 35.9 Å². The first-order chi connectivity index (χ1) is 8.41. The molecule has 0 saturated carbocycles. The van der Waals surface area contributed by atoms with Gasteiger partial charge in [-0.15, -0.1) is 0 Å². The third-order valence-electron chi connectivity index (χ3n) is 2.73. The number of carbonyl (C=O) groups is 1. The van der Waals surface area contributed by atoms with Gasteiger partial charge in [0.05, 0.1) is 12.8 Å². The number of halogens is 1. The Morgan fingerprint density at radius 3 is 2.83 bits per heavy atom. The summed E-state index contributed by atoms with van der Waals surface area (Å²) in [6.07, 6.45) is 1.39. The molecule has 1 unspecified atom stereocenters. The van der Waals surface area contributed by atoms with Crippen molar-refractivity contribution in [2.24, 2.45) is 0 Å². The van der Waals surface area contributed by atoms with Gasteiger partial charge in [0.2, 0.25) is 20.8 Å². The third kappa shape index (κ3) is 2.56. The molecule has 0 aliphatic carbocycles. The van der Waals surface area contributed by atoms with Gasteiger partial charge in [-0.1, -0.05) is 0 Å². The van der Waals surface area contributed by atoms with Crippen molar-refractivity contribution in [2.75, 3.05) is 18.6 Å². The van der Waals surface area contributed by atoms with Crippen LogP contribution in [-0.4, -0.2) is 38.2 Å². The van der Waals surface area contributed by atoms with E-state index in [4.69, 9.17) is 15.4 Å². The molecule has 98 valence electrons. The van der Waals surface area contributed by atoms with Crippen LogP contribution in [0.25, 0.3) is 0 Å². The van der Waals surface area contributed by atoms with E-state index in [9.17, 15) is 13.2 Å². The number of carbonyl (C=O) groups excluding carboxylic acids is 1. The fourth-order valence-electron chi connectivity index (χ4n) is 1.79. The molecule has 0 aromatic carbocycles. The van der Waals surface area contributed by atoms with E-state index in [1.165, 1.54) is 18.2 Å². The van der Waals surface area contributed by atoms with E-state index in [0.717, 1.165) is 0 Å². The highest BCUT2D eigenvalue weighted by molar-refractivity contribution is 8.14. The van der Waals surface area contributed by atoms with E-state index >= 15 is 0 Å². The molecule has 0 bridgehead atoms. The first-order valence-corrected chi connectivity index (χ1v) is 7.53. The molecule has 1 aliphatic heterocycles. The topological polar surface area (TPSA) is 76.6 Å². The molecule has 1 aromatic rings. The van der Waals surface area contributed by atoms with E-state index in [2.05, 4.69) is 4.98 Å². The van der Waals surface area contributed by atoms with Crippen LogP contribution in [0, 0.1) is 0 Å². The standard InChI is InChI=1S/C10H11ClN2O4S/c1-17-9-4-7(2-3-12-9)13-6-8(5-10(13)14)18(11,15)16/h2-4,8H,5-6H2,1H3. The zero-order valence-corrected chi connectivity index (χ0v) is 11.1. The number of nitrogens with zero attached hydrogens (tertiary/aromatic N) is 2. The molecule has 1 saturated heterocycles. The highest BCUT2D eigenvalue weighted by Gasteiger charge is 2.38. The van der Waals surface area contributed by atoms with Gasteiger partial charge < -0.3 is 9.64 Å². The predicted octanol–water partition coefficient (Wildman–Crippen LogP) is 0.764. The Morgan fingerprint density at radius 2 is 2.28 bits per heavy atom. The number of ether oxygens (including phenoxy) is 1. The van der Waals surface area contributed by atoms with Gasteiger partial charge in [0.1, 0.15) is 5.25 Å². The monoisotopic (exact) mass is 290 g/mol. The van der Waals surface area contributed by atoms with Crippen LogP contribution in [0.2, 0.25) is 0 Å². The summed E-state index contributed by atoms with van der Waals surface area (Å²) in [5, 5.41) is -0.870. The Kier molecular flexibility index (Phi) is 3.45. The average molecular weight is 291 g/mol. The summed E-state index contributed by atoms with van der Waals surface area (Å²) in [5.74, 6) is 0.0787. The molecule has 1 amide bonds. The van der Waals surface area contributed by atoms with Crippen molar-refractivity contribution in [1.29, 1.82) is 0 Å². The number of aromatic nitrogens is 1. The number of amides is 1. The van der Waals surface area contributed by atoms with Crippen molar-refractivity contribution in [2.45, 2.75) is 11.7 Å². The van der Waals surface area contributed by atoms with Gasteiger partial charge in [0.15, 0.2) is 0 Å².